The van der Waals surface area contributed by atoms with E-state index in [-0.39, 0.29) is 11.7 Å². The molecule has 1 aliphatic carbocycles. The van der Waals surface area contributed by atoms with E-state index < -0.39 is 0 Å². The first kappa shape index (κ1) is 10.5. The van der Waals surface area contributed by atoms with E-state index in [9.17, 15) is 4.79 Å². The minimum absolute atomic E-state index is 0.0686. The Hall–Kier alpha value is -1.63. The van der Waals surface area contributed by atoms with Gasteiger partial charge in [0.05, 0.1) is 0 Å². The lowest BCUT2D eigenvalue weighted by Gasteiger charge is -2.02. The van der Waals surface area contributed by atoms with Crippen LogP contribution in [0.25, 0.3) is 0 Å². The van der Waals surface area contributed by atoms with Crippen molar-refractivity contribution >= 4 is 5.78 Å². The molecule has 0 aromatic heterocycles. The van der Waals surface area contributed by atoms with Crippen LogP contribution < -0.4 is 0 Å². The molecule has 0 amide bonds. The average molecular weight is 186 g/mol. The van der Waals surface area contributed by atoms with Gasteiger partial charge in [-0.25, -0.2) is 0 Å². The van der Waals surface area contributed by atoms with Crippen LogP contribution >= 0.6 is 0 Å². The number of hydrogen-bond donors (Lipinski definition) is 0. The van der Waals surface area contributed by atoms with E-state index in [2.05, 4.69) is 0 Å². The minimum atomic E-state index is 0.0686. The van der Waals surface area contributed by atoms with Crippen molar-refractivity contribution < 1.29 is 4.79 Å². The number of carbonyl (C=O) groups excluding carboxylic acids is 1. The fraction of sp³-hybridized carbons (Fsp3) is 0.154. The van der Waals surface area contributed by atoms with Crippen LogP contribution in [0, 0.1) is 5.92 Å². The zero-order valence-corrected chi connectivity index (χ0v) is 8.26. The molecule has 1 nitrogen and oxygen atoms in total. The first-order chi connectivity index (χ1) is 6.83. The Kier molecular flexibility index (Phi) is 4.42. The van der Waals surface area contributed by atoms with Crippen molar-refractivity contribution in [2.24, 2.45) is 5.92 Å². The molecule has 1 rings (SSSR count). The van der Waals surface area contributed by atoms with Gasteiger partial charge in [-0.2, -0.15) is 0 Å². The number of allylic oxidation sites excluding steroid dienone is 10. The topological polar surface area (TPSA) is 17.1 Å². The van der Waals surface area contributed by atoms with Crippen molar-refractivity contribution in [1.82, 2.24) is 0 Å². The van der Waals surface area contributed by atoms with Gasteiger partial charge in [0.15, 0.2) is 5.78 Å². The van der Waals surface area contributed by atoms with E-state index in [1.54, 1.807) is 12.2 Å². The highest BCUT2D eigenvalue weighted by Crippen LogP contribution is 2.08. The predicted molar refractivity (Wildman–Crippen MR) is 59.9 cm³/mol. The van der Waals surface area contributed by atoms with Crippen LogP contribution in [0.5, 0.6) is 0 Å². The Bertz CT molecular complexity index is 311. The molecule has 0 radical (unpaired) electrons. The van der Waals surface area contributed by atoms with Crippen LogP contribution in [-0.4, -0.2) is 5.78 Å². The molecule has 0 saturated heterocycles. The molecule has 0 unspecified atom stereocenters. The molecule has 14 heavy (non-hydrogen) atoms. The van der Waals surface area contributed by atoms with Gasteiger partial charge in [0.2, 0.25) is 0 Å². The molecule has 1 heteroatoms. The van der Waals surface area contributed by atoms with Gasteiger partial charge in [0.1, 0.15) is 0 Å². The molecule has 0 saturated carbocycles. The zero-order chi connectivity index (χ0) is 10.2. The predicted octanol–water partition coefficient (Wildman–Crippen LogP) is 2.99. The van der Waals surface area contributed by atoms with Crippen molar-refractivity contribution in [3.05, 3.63) is 60.8 Å². The molecule has 0 fully saturated rings. The number of hydrogen-bond acceptors (Lipinski definition) is 1. The normalized spacial score (nSPS) is 18.2. The summed E-state index contributed by atoms with van der Waals surface area (Å²) in [5.41, 5.74) is 0. The smallest absolute Gasteiger partial charge is 0.178 e. The van der Waals surface area contributed by atoms with Gasteiger partial charge in [-0.3, -0.25) is 4.79 Å². The molecule has 72 valence electrons. The molecule has 0 aromatic carbocycles. The molecular formula is C13H14O. The first-order valence-corrected chi connectivity index (χ1v) is 4.69. The fourth-order valence-corrected chi connectivity index (χ4v) is 1.09. The standard InChI is InChI=1S/C13H14O/c1-2-3-4-5-6-7-12-8-10-13(14)11-9-12/h2-12H,1H3/b3-2+,5-4-,7-6+. The number of ketones is 1. The lowest BCUT2D eigenvalue weighted by molar-refractivity contribution is -0.110. The Morgan fingerprint density at radius 1 is 1.07 bits per heavy atom. The highest BCUT2D eigenvalue weighted by atomic mass is 16.1. The van der Waals surface area contributed by atoms with Crippen LogP contribution in [0.4, 0.5) is 0 Å². The highest BCUT2D eigenvalue weighted by Gasteiger charge is 2.00. The lowest BCUT2D eigenvalue weighted by atomic mass is 10.0. The molecule has 0 spiro atoms. The van der Waals surface area contributed by atoms with Crippen molar-refractivity contribution in [1.29, 1.82) is 0 Å². The van der Waals surface area contributed by atoms with Crippen LogP contribution in [-0.2, 0) is 4.79 Å². The van der Waals surface area contributed by atoms with E-state index in [0.29, 0.717) is 0 Å². The lowest BCUT2D eigenvalue weighted by Crippen LogP contribution is -1.97. The van der Waals surface area contributed by atoms with Gasteiger partial charge >= 0.3 is 0 Å². The largest absolute Gasteiger partial charge is 0.290 e. The van der Waals surface area contributed by atoms with Crippen molar-refractivity contribution in [2.45, 2.75) is 6.92 Å². The summed E-state index contributed by atoms with van der Waals surface area (Å²) in [6, 6.07) is 0. The van der Waals surface area contributed by atoms with Gasteiger partial charge in [-0.05, 0) is 19.1 Å². The maximum absolute atomic E-state index is 10.8. The third-order valence-electron chi connectivity index (χ3n) is 1.82. The summed E-state index contributed by atoms with van der Waals surface area (Å²) in [6.45, 7) is 1.98. The molecule has 0 heterocycles. The molecule has 0 N–H and O–H groups in total. The molecule has 0 bridgehead atoms. The van der Waals surface area contributed by atoms with E-state index >= 15 is 0 Å². The summed E-state index contributed by atoms with van der Waals surface area (Å²) in [7, 11) is 0. The fourth-order valence-electron chi connectivity index (χ4n) is 1.09. The van der Waals surface area contributed by atoms with Gasteiger partial charge < -0.3 is 0 Å². The van der Waals surface area contributed by atoms with Crippen LogP contribution in [0.15, 0.2) is 60.8 Å². The number of rotatable bonds is 3. The monoisotopic (exact) mass is 186 g/mol. The summed E-state index contributed by atoms with van der Waals surface area (Å²) < 4.78 is 0. The highest BCUT2D eigenvalue weighted by molar-refractivity contribution is 6.00. The van der Waals surface area contributed by atoms with Crippen molar-refractivity contribution in [2.75, 3.05) is 0 Å². The molecular weight excluding hydrogens is 172 g/mol. The van der Waals surface area contributed by atoms with Crippen LogP contribution in [0.1, 0.15) is 6.92 Å². The van der Waals surface area contributed by atoms with E-state index in [1.807, 2.05) is 55.5 Å². The Morgan fingerprint density at radius 3 is 2.36 bits per heavy atom. The van der Waals surface area contributed by atoms with E-state index in [0.717, 1.165) is 0 Å². The third-order valence-corrected chi connectivity index (χ3v) is 1.82. The van der Waals surface area contributed by atoms with Gasteiger partial charge in [0, 0.05) is 5.92 Å². The molecule has 1 aliphatic rings. The zero-order valence-electron chi connectivity index (χ0n) is 8.26. The Balaban J connectivity index is 2.42. The summed E-state index contributed by atoms with van der Waals surface area (Å²) in [5, 5.41) is 0. The summed E-state index contributed by atoms with van der Waals surface area (Å²) >= 11 is 0. The Labute approximate surface area is 84.8 Å². The molecule has 0 aromatic rings. The maximum Gasteiger partial charge on any atom is 0.178 e. The second kappa shape index (κ2) is 5.92. The summed E-state index contributed by atoms with van der Waals surface area (Å²) in [4.78, 5) is 10.8. The first-order valence-electron chi connectivity index (χ1n) is 4.69. The van der Waals surface area contributed by atoms with Crippen molar-refractivity contribution in [3.63, 3.8) is 0 Å². The average Bonchev–Trinajstić information content (AvgIpc) is 2.21. The third kappa shape index (κ3) is 3.85. The SMILES string of the molecule is C/C=C/C=C\C=C\C1C=CC(=O)C=C1. The number of carbonyl (C=O) groups is 1. The van der Waals surface area contributed by atoms with Crippen LogP contribution in [0.3, 0.4) is 0 Å². The second-order valence-electron chi connectivity index (χ2n) is 2.99. The maximum atomic E-state index is 10.8. The van der Waals surface area contributed by atoms with Gasteiger partial charge in [0.25, 0.3) is 0 Å². The second-order valence-corrected chi connectivity index (χ2v) is 2.99. The van der Waals surface area contributed by atoms with Gasteiger partial charge in [-0.15, -0.1) is 0 Å². The molecule has 0 aliphatic heterocycles. The van der Waals surface area contributed by atoms with Gasteiger partial charge in [-0.1, -0.05) is 48.6 Å². The quantitative estimate of drug-likeness (QED) is 0.619. The van der Waals surface area contributed by atoms with Crippen LogP contribution in [0.2, 0.25) is 0 Å². The molecule has 0 atom stereocenters. The summed E-state index contributed by atoms with van der Waals surface area (Å²) in [6.07, 6.45) is 18.9. The van der Waals surface area contributed by atoms with E-state index in [4.69, 9.17) is 0 Å². The Morgan fingerprint density at radius 2 is 1.71 bits per heavy atom. The van der Waals surface area contributed by atoms with E-state index in [1.165, 1.54) is 0 Å². The summed E-state index contributed by atoms with van der Waals surface area (Å²) in [5.74, 6) is 0.321. The van der Waals surface area contributed by atoms with Crippen molar-refractivity contribution in [3.8, 4) is 0 Å². The minimum Gasteiger partial charge on any atom is -0.290 e.